The van der Waals surface area contributed by atoms with Gasteiger partial charge in [-0.05, 0) is 25.0 Å². The van der Waals surface area contributed by atoms with Gasteiger partial charge in [-0.2, -0.15) is 0 Å². The third-order valence-corrected chi connectivity index (χ3v) is 4.12. The van der Waals surface area contributed by atoms with E-state index in [4.69, 9.17) is 9.47 Å². The predicted octanol–water partition coefficient (Wildman–Crippen LogP) is 2.33. The number of pyridine rings is 1. The van der Waals surface area contributed by atoms with Crippen LogP contribution in [0.4, 0.5) is 8.78 Å². The number of hydrogen-bond acceptors (Lipinski definition) is 6. The fraction of sp³-hybridized carbons (Fsp3) is 0.300. The average Bonchev–Trinajstić information content (AvgIpc) is 2.68. The first-order valence-electron chi connectivity index (χ1n) is 8.73. The van der Waals surface area contributed by atoms with Gasteiger partial charge in [0.2, 0.25) is 5.43 Å². The summed E-state index contributed by atoms with van der Waals surface area (Å²) in [6, 6.07) is 2.98. The SMILES string of the molecule is CCOC(=O)c1c(OC)c(=O)c(C(=O)CCc2ccc(F)cc2F)cn1CC=O. The Morgan fingerprint density at radius 3 is 2.55 bits per heavy atom. The number of aryl methyl sites for hydroxylation is 1. The number of benzene rings is 1. The molecule has 0 bridgehead atoms. The van der Waals surface area contributed by atoms with Crippen LogP contribution in [0, 0.1) is 11.6 Å². The second-order valence-electron chi connectivity index (χ2n) is 5.95. The normalized spacial score (nSPS) is 10.5. The van der Waals surface area contributed by atoms with Gasteiger partial charge in [0.1, 0.15) is 17.9 Å². The van der Waals surface area contributed by atoms with Gasteiger partial charge in [-0.1, -0.05) is 6.07 Å². The van der Waals surface area contributed by atoms with Gasteiger partial charge in [-0.15, -0.1) is 0 Å². The molecule has 0 fully saturated rings. The van der Waals surface area contributed by atoms with Crippen molar-refractivity contribution < 1.29 is 32.6 Å². The van der Waals surface area contributed by atoms with Crippen LogP contribution in [-0.4, -0.2) is 36.3 Å². The molecule has 0 aliphatic carbocycles. The summed E-state index contributed by atoms with van der Waals surface area (Å²) in [5, 5.41) is 0. The van der Waals surface area contributed by atoms with Crippen molar-refractivity contribution in [1.29, 1.82) is 0 Å². The molecular formula is C20H19F2NO6. The number of methoxy groups -OCH3 is 1. The van der Waals surface area contributed by atoms with Crippen LogP contribution in [-0.2, 0) is 22.5 Å². The molecule has 29 heavy (non-hydrogen) atoms. The van der Waals surface area contributed by atoms with Crippen molar-refractivity contribution in [3.05, 3.63) is 63.1 Å². The van der Waals surface area contributed by atoms with Crippen LogP contribution in [0.25, 0.3) is 0 Å². The lowest BCUT2D eigenvalue weighted by atomic mass is 10.0. The minimum absolute atomic E-state index is 0.0290. The first kappa shape index (κ1) is 21.9. The first-order valence-corrected chi connectivity index (χ1v) is 8.73. The van der Waals surface area contributed by atoms with Gasteiger partial charge >= 0.3 is 5.97 Å². The summed E-state index contributed by atoms with van der Waals surface area (Å²) in [6.45, 7) is 1.28. The molecular weight excluding hydrogens is 388 g/mol. The zero-order valence-electron chi connectivity index (χ0n) is 15.9. The Morgan fingerprint density at radius 1 is 1.24 bits per heavy atom. The Labute approximate surface area is 164 Å². The van der Waals surface area contributed by atoms with Gasteiger partial charge in [-0.3, -0.25) is 9.59 Å². The molecule has 0 radical (unpaired) electrons. The van der Waals surface area contributed by atoms with E-state index in [1.165, 1.54) is 6.07 Å². The number of aldehydes is 1. The van der Waals surface area contributed by atoms with Gasteiger partial charge in [0, 0.05) is 18.7 Å². The summed E-state index contributed by atoms with van der Waals surface area (Å²) in [5.41, 5.74) is -1.34. The molecule has 0 aliphatic heterocycles. The zero-order valence-corrected chi connectivity index (χ0v) is 15.9. The minimum Gasteiger partial charge on any atom is -0.491 e. The molecule has 1 heterocycles. The van der Waals surface area contributed by atoms with Gasteiger partial charge in [0.25, 0.3) is 0 Å². The molecule has 7 nitrogen and oxygen atoms in total. The Hall–Kier alpha value is -3.36. The van der Waals surface area contributed by atoms with Crippen molar-refractivity contribution in [2.24, 2.45) is 0 Å². The number of carbonyl (C=O) groups excluding carboxylic acids is 3. The number of hydrogen-bond donors (Lipinski definition) is 0. The van der Waals surface area contributed by atoms with Crippen molar-refractivity contribution in [2.75, 3.05) is 13.7 Å². The minimum atomic E-state index is -0.879. The molecule has 1 aromatic carbocycles. The number of Topliss-reactive ketones (excluding diaryl/α,β-unsaturated/α-hetero) is 1. The van der Waals surface area contributed by atoms with Crippen molar-refractivity contribution in [3.8, 4) is 5.75 Å². The summed E-state index contributed by atoms with van der Waals surface area (Å²) >= 11 is 0. The van der Waals surface area contributed by atoms with E-state index in [1.807, 2.05) is 0 Å². The number of ketones is 1. The van der Waals surface area contributed by atoms with Crippen LogP contribution in [0.2, 0.25) is 0 Å². The molecule has 0 atom stereocenters. The monoisotopic (exact) mass is 407 g/mol. The largest absolute Gasteiger partial charge is 0.491 e. The number of halogens is 2. The molecule has 9 heteroatoms. The maximum absolute atomic E-state index is 13.8. The summed E-state index contributed by atoms with van der Waals surface area (Å²) in [7, 11) is 1.15. The van der Waals surface area contributed by atoms with Crippen molar-refractivity contribution in [3.63, 3.8) is 0 Å². The topological polar surface area (TPSA) is 91.7 Å². The van der Waals surface area contributed by atoms with E-state index < -0.39 is 34.6 Å². The van der Waals surface area contributed by atoms with Crippen LogP contribution < -0.4 is 10.2 Å². The second-order valence-corrected chi connectivity index (χ2v) is 5.95. The number of esters is 1. The smallest absolute Gasteiger partial charge is 0.359 e. The molecule has 0 N–H and O–H groups in total. The fourth-order valence-corrected chi connectivity index (χ4v) is 2.77. The second kappa shape index (κ2) is 9.72. The highest BCUT2D eigenvalue weighted by atomic mass is 19.1. The van der Waals surface area contributed by atoms with Gasteiger partial charge in [0.05, 0.1) is 25.8 Å². The molecule has 0 amide bonds. The number of ether oxygens (including phenoxy) is 2. The average molecular weight is 407 g/mol. The van der Waals surface area contributed by atoms with E-state index in [-0.39, 0.29) is 42.8 Å². The van der Waals surface area contributed by atoms with E-state index in [1.54, 1.807) is 6.92 Å². The molecule has 0 aliphatic rings. The van der Waals surface area contributed by atoms with Crippen molar-refractivity contribution >= 4 is 18.0 Å². The summed E-state index contributed by atoms with van der Waals surface area (Å²) in [4.78, 5) is 48.4. The molecule has 154 valence electrons. The molecule has 0 saturated carbocycles. The van der Waals surface area contributed by atoms with Gasteiger partial charge in [0.15, 0.2) is 17.2 Å². The van der Waals surface area contributed by atoms with Crippen molar-refractivity contribution in [2.45, 2.75) is 26.3 Å². The Kier molecular flexibility index (Phi) is 7.35. The van der Waals surface area contributed by atoms with Crippen LogP contribution in [0.15, 0.2) is 29.2 Å². The number of nitrogens with zero attached hydrogens (tertiary/aromatic N) is 1. The van der Waals surface area contributed by atoms with E-state index in [0.717, 1.165) is 23.9 Å². The summed E-state index contributed by atoms with van der Waals surface area (Å²) < 4.78 is 37.7. The lowest BCUT2D eigenvalue weighted by molar-refractivity contribution is -0.108. The lowest BCUT2D eigenvalue weighted by Gasteiger charge is -2.15. The Balaban J connectivity index is 2.42. The zero-order chi connectivity index (χ0) is 21.6. The quantitative estimate of drug-likeness (QED) is 0.360. The summed E-state index contributed by atoms with van der Waals surface area (Å²) in [6.07, 6.45) is 1.24. The predicted molar refractivity (Wildman–Crippen MR) is 98.3 cm³/mol. The number of rotatable bonds is 9. The fourth-order valence-electron chi connectivity index (χ4n) is 2.77. The summed E-state index contributed by atoms with van der Waals surface area (Å²) in [5.74, 6) is -3.49. The molecule has 2 rings (SSSR count). The van der Waals surface area contributed by atoms with Crippen LogP contribution >= 0.6 is 0 Å². The third-order valence-electron chi connectivity index (χ3n) is 4.12. The van der Waals surface area contributed by atoms with E-state index in [0.29, 0.717) is 12.4 Å². The molecule has 0 spiro atoms. The van der Waals surface area contributed by atoms with Crippen LogP contribution in [0.1, 0.15) is 39.8 Å². The number of carbonyl (C=O) groups is 3. The standard InChI is InChI=1S/C20H19F2NO6/c1-3-29-20(27)17-19(28-2)18(26)14(11-23(17)8-9-24)16(25)7-5-12-4-6-13(21)10-15(12)22/h4,6,9-11H,3,5,7-8H2,1-2H3. The molecule has 1 aromatic heterocycles. The van der Waals surface area contributed by atoms with E-state index >= 15 is 0 Å². The van der Waals surface area contributed by atoms with Gasteiger partial charge in [-0.25, -0.2) is 13.6 Å². The highest BCUT2D eigenvalue weighted by molar-refractivity contribution is 5.98. The van der Waals surface area contributed by atoms with Crippen molar-refractivity contribution in [1.82, 2.24) is 4.57 Å². The maximum Gasteiger partial charge on any atom is 0.359 e. The maximum atomic E-state index is 13.8. The highest BCUT2D eigenvalue weighted by Gasteiger charge is 2.25. The third kappa shape index (κ3) is 4.92. The van der Waals surface area contributed by atoms with Gasteiger partial charge < -0.3 is 18.8 Å². The molecule has 0 saturated heterocycles. The van der Waals surface area contributed by atoms with Crippen LogP contribution in [0.3, 0.4) is 0 Å². The molecule has 2 aromatic rings. The molecule has 0 unspecified atom stereocenters. The lowest BCUT2D eigenvalue weighted by Crippen LogP contribution is -2.27. The van der Waals surface area contributed by atoms with E-state index in [9.17, 15) is 28.0 Å². The van der Waals surface area contributed by atoms with E-state index in [2.05, 4.69) is 0 Å². The Bertz CT molecular complexity index is 999. The highest BCUT2D eigenvalue weighted by Crippen LogP contribution is 2.18. The first-order chi connectivity index (χ1) is 13.8. The van der Waals surface area contributed by atoms with Crippen LogP contribution in [0.5, 0.6) is 5.75 Å². The number of aromatic nitrogens is 1. The Morgan fingerprint density at radius 2 is 1.97 bits per heavy atom.